The Bertz CT molecular complexity index is 1070. The Balaban J connectivity index is 1.69. The van der Waals surface area contributed by atoms with Crippen molar-refractivity contribution in [3.05, 3.63) is 65.4 Å². The highest BCUT2D eigenvalue weighted by Crippen LogP contribution is 2.32. The molecule has 0 saturated carbocycles. The van der Waals surface area contributed by atoms with E-state index >= 15 is 0 Å². The van der Waals surface area contributed by atoms with E-state index in [2.05, 4.69) is 5.32 Å². The van der Waals surface area contributed by atoms with E-state index < -0.39 is 0 Å². The minimum Gasteiger partial charge on any atom is -0.449 e. The highest BCUT2D eigenvalue weighted by atomic mass is 16.5. The molecule has 0 aliphatic carbocycles. The van der Waals surface area contributed by atoms with Crippen molar-refractivity contribution in [1.29, 1.82) is 5.26 Å². The van der Waals surface area contributed by atoms with Crippen molar-refractivity contribution >= 4 is 28.5 Å². The maximum absolute atomic E-state index is 13.0. The summed E-state index contributed by atoms with van der Waals surface area (Å²) in [6.07, 6.45) is 0. The second-order valence-electron chi connectivity index (χ2n) is 6.35. The summed E-state index contributed by atoms with van der Waals surface area (Å²) in [5.74, 6) is -0.563. The number of ether oxygens (including phenoxy) is 1. The molecule has 3 aromatic rings. The molecule has 1 aliphatic heterocycles. The molecule has 0 atom stereocenters. The van der Waals surface area contributed by atoms with Crippen LogP contribution in [0.3, 0.4) is 0 Å². The molecule has 1 saturated heterocycles. The van der Waals surface area contributed by atoms with E-state index in [-0.39, 0.29) is 17.6 Å². The fraction of sp³-hybridized carbons (Fsp3) is 0.190. The number of hydrogen-bond donors (Lipinski definition) is 1. The van der Waals surface area contributed by atoms with E-state index in [1.807, 2.05) is 12.1 Å². The molecule has 0 unspecified atom stereocenters. The Labute approximate surface area is 161 Å². The molecule has 7 nitrogen and oxygen atoms in total. The van der Waals surface area contributed by atoms with Crippen LogP contribution in [0, 0.1) is 11.3 Å². The highest BCUT2D eigenvalue weighted by Gasteiger charge is 2.27. The number of rotatable bonds is 3. The number of nitrogens with one attached hydrogen (secondary N) is 1. The van der Waals surface area contributed by atoms with Crippen LogP contribution in [-0.2, 0) is 4.74 Å². The summed E-state index contributed by atoms with van der Waals surface area (Å²) in [6, 6.07) is 15.5. The fourth-order valence-corrected chi connectivity index (χ4v) is 3.11. The Hall–Kier alpha value is -3.63. The van der Waals surface area contributed by atoms with Crippen LogP contribution in [0.5, 0.6) is 0 Å². The van der Waals surface area contributed by atoms with Gasteiger partial charge >= 0.3 is 0 Å². The molecule has 2 amide bonds. The minimum atomic E-state index is -0.382. The first-order valence-corrected chi connectivity index (χ1v) is 8.87. The first kappa shape index (κ1) is 17.8. The number of furan rings is 1. The largest absolute Gasteiger partial charge is 0.449 e. The topological polar surface area (TPSA) is 95.6 Å². The SMILES string of the molecule is N#Cc1ccc(C(=O)Nc2c(C(=O)N3CCOCC3)oc3ccccc23)cc1. The van der Waals surface area contributed by atoms with Crippen molar-refractivity contribution in [1.82, 2.24) is 4.90 Å². The normalized spacial score (nSPS) is 13.9. The van der Waals surface area contributed by atoms with Crippen molar-refractivity contribution in [2.75, 3.05) is 31.6 Å². The van der Waals surface area contributed by atoms with Crippen LogP contribution < -0.4 is 5.32 Å². The molecule has 4 rings (SSSR count). The molecule has 1 aromatic heterocycles. The minimum absolute atomic E-state index is 0.102. The van der Waals surface area contributed by atoms with Gasteiger partial charge in [0.25, 0.3) is 11.8 Å². The third kappa shape index (κ3) is 3.33. The molecular weight excluding hydrogens is 358 g/mol. The lowest BCUT2D eigenvalue weighted by Gasteiger charge is -2.26. The Morgan fingerprint density at radius 2 is 1.75 bits per heavy atom. The van der Waals surface area contributed by atoms with Crippen molar-refractivity contribution in [2.24, 2.45) is 0 Å². The van der Waals surface area contributed by atoms with Gasteiger partial charge in [-0.05, 0) is 36.4 Å². The summed E-state index contributed by atoms with van der Waals surface area (Å²) in [6.45, 7) is 1.88. The Morgan fingerprint density at radius 3 is 2.46 bits per heavy atom. The maximum Gasteiger partial charge on any atom is 0.291 e. The second-order valence-corrected chi connectivity index (χ2v) is 6.35. The van der Waals surface area contributed by atoms with Gasteiger partial charge in [0, 0.05) is 24.0 Å². The van der Waals surface area contributed by atoms with E-state index in [1.165, 1.54) is 0 Å². The smallest absolute Gasteiger partial charge is 0.291 e. The molecule has 1 fully saturated rings. The number of amides is 2. The molecule has 140 valence electrons. The Morgan fingerprint density at radius 1 is 1.04 bits per heavy atom. The van der Waals surface area contributed by atoms with Gasteiger partial charge in [-0.1, -0.05) is 12.1 Å². The zero-order valence-corrected chi connectivity index (χ0v) is 15.0. The first-order chi connectivity index (χ1) is 13.7. The molecule has 7 heteroatoms. The standard InChI is InChI=1S/C21H17N3O4/c22-13-14-5-7-15(8-6-14)20(25)23-18-16-3-1-2-4-17(16)28-19(18)21(26)24-9-11-27-12-10-24/h1-8H,9-12H2,(H,23,25). The van der Waals surface area contributed by atoms with Gasteiger partial charge < -0.3 is 19.4 Å². The molecule has 2 heterocycles. The zero-order chi connectivity index (χ0) is 19.5. The second kappa shape index (κ2) is 7.55. The number of benzene rings is 2. The summed E-state index contributed by atoms with van der Waals surface area (Å²) in [5.41, 5.74) is 1.72. The van der Waals surface area contributed by atoms with Gasteiger partial charge in [-0.3, -0.25) is 9.59 Å². The molecule has 0 radical (unpaired) electrons. The number of carbonyl (C=O) groups is 2. The quantitative estimate of drug-likeness (QED) is 0.759. The van der Waals surface area contributed by atoms with Crippen LogP contribution in [0.2, 0.25) is 0 Å². The lowest BCUT2D eigenvalue weighted by Crippen LogP contribution is -2.40. The van der Waals surface area contributed by atoms with Gasteiger partial charge in [0.1, 0.15) is 11.3 Å². The summed E-state index contributed by atoms with van der Waals surface area (Å²) in [5, 5.41) is 12.4. The molecule has 28 heavy (non-hydrogen) atoms. The summed E-state index contributed by atoms with van der Waals surface area (Å²) in [4.78, 5) is 27.4. The van der Waals surface area contributed by atoms with Crippen LogP contribution in [0.4, 0.5) is 5.69 Å². The predicted molar refractivity (Wildman–Crippen MR) is 102 cm³/mol. The summed E-state index contributed by atoms with van der Waals surface area (Å²) < 4.78 is 11.1. The van der Waals surface area contributed by atoms with Crippen molar-refractivity contribution < 1.29 is 18.7 Å². The van der Waals surface area contributed by atoms with Crippen LogP contribution >= 0.6 is 0 Å². The number of carbonyl (C=O) groups excluding carboxylic acids is 2. The third-order valence-electron chi connectivity index (χ3n) is 4.60. The van der Waals surface area contributed by atoms with Gasteiger partial charge in [0.15, 0.2) is 0 Å². The van der Waals surface area contributed by atoms with Gasteiger partial charge in [-0.2, -0.15) is 5.26 Å². The van der Waals surface area contributed by atoms with E-state index in [0.717, 1.165) is 0 Å². The maximum atomic E-state index is 13.0. The van der Waals surface area contributed by atoms with Crippen LogP contribution in [-0.4, -0.2) is 43.0 Å². The number of morpholine rings is 1. The average molecular weight is 375 g/mol. The van der Waals surface area contributed by atoms with Crippen molar-refractivity contribution in [3.8, 4) is 6.07 Å². The molecule has 0 bridgehead atoms. The number of hydrogen-bond acceptors (Lipinski definition) is 5. The molecular formula is C21H17N3O4. The average Bonchev–Trinajstić information content (AvgIpc) is 3.12. The van der Waals surface area contributed by atoms with E-state index in [1.54, 1.807) is 47.4 Å². The molecule has 0 spiro atoms. The number of para-hydroxylation sites is 1. The fourth-order valence-electron chi connectivity index (χ4n) is 3.11. The van der Waals surface area contributed by atoms with Crippen LogP contribution in [0.1, 0.15) is 26.5 Å². The van der Waals surface area contributed by atoms with Gasteiger partial charge in [0.05, 0.1) is 24.8 Å². The van der Waals surface area contributed by atoms with Gasteiger partial charge in [-0.15, -0.1) is 0 Å². The first-order valence-electron chi connectivity index (χ1n) is 8.87. The summed E-state index contributed by atoms with van der Waals surface area (Å²) in [7, 11) is 0. The predicted octanol–water partition coefficient (Wildman–Crippen LogP) is 3.03. The Kier molecular flexibility index (Phi) is 4.79. The number of nitrogens with zero attached hydrogens (tertiary/aromatic N) is 2. The third-order valence-corrected chi connectivity index (χ3v) is 4.60. The summed E-state index contributed by atoms with van der Waals surface area (Å²) >= 11 is 0. The van der Waals surface area contributed by atoms with E-state index in [9.17, 15) is 9.59 Å². The van der Waals surface area contributed by atoms with Gasteiger partial charge in [0.2, 0.25) is 5.76 Å². The number of fused-ring (bicyclic) bond motifs is 1. The number of anilines is 1. The lowest BCUT2D eigenvalue weighted by atomic mass is 10.1. The van der Waals surface area contributed by atoms with Crippen LogP contribution in [0.15, 0.2) is 52.9 Å². The zero-order valence-electron chi connectivity index (χ0n) is 15.0. The highest BCUT2D eigenvalue weighted by molar-refractivity contribution is 6.14. The van der Waals surface area contributed by atoms with E-state index in [0.29, 0.717) is 54.1 Å². The van der Waals surface area contributed by atoms with Gasteiger partial charge in [-0.25, -0.2) is 0 Å². The van der Waals surface area contributed by atoms with Crippen molar-refractivity contribution in [3.63, 3.8) is 0 Å². The van der Waals surface area contributed by atoms with E-state index in [4.69, 9.17) is 14.4 Å². The molecule has 1 N–H and O–H groups in total. The number of nitriles is 1. The molecule has 1 aliphatic rings. The monoisotopic (exact) mass is 375 g/mol. The molecule has 2 aromatic carbocycles. The lowest BCUT2D eigenvalue weighted by molar-refractivity contribution is 0.0285. The van der Waals surface area contributed by atoms with Crippen molar-refractivity contribution in [2.45, 2.75) is 0 Å². The van der Waals surface area contributed by atoms with Crippen LogP contribution in [0.25, 0.3) is 11.0 Å².